The molecule has 100 valence electrons. The van der Waals surface area contributed by atoms with E-state index in [1.807, 2.05) is 30.3 Å². The van der Waals surface area contributed by atoms with Crippen molar-refractivity contribution in [2.45, 2.75) is 18.8 Å². The normalized spacial score (nSPS) is 20.5. The van der Waals surface area contributed by atoms with Gasteiger partial charge in [0.2, 0.25) is 0 Å². The Morgan fingerprint density at radius 1 is 1.10 bits per heavy atom. The number of halogens is 1. The molecule has 3 rings (SSSR count). The molecule has 0 bridgehead atoms. The van der Waals surface area contributed by atoms with Crippen LogP contribution in [-0.2, 0) is 5.41 Å². The van der Waals surface area contributed by atoms with Gasteiger partial charge in [0.15, 0.2) is 0 Å². The summed E-state index contributed by atoms with van der Waals surface area (Å²) in [6.45, 7) is 2.22. The molecule has 0 saturated carbocycles. The highest BCUT2D eigenvalue weighted by atomic mass is 35.5. The second-order valence-electron chi connectivity index (χ2n) is 5.32. The molecule has 1 aliphatic rings. The van der Waals surface area contributed by atoms with E-state index in [0.717, 1.165) is 22.7 Å². The molecule has 2 aromatic rings. The first kappa shape index (κ1) is 13.1. The number of nitrogens with zero attached hydrogens (tertiary/aromatic N) is 1. The summed E-state index contributed by atoms with van der Waals surface area (Å²) in [6.07, 6.45) is 7.23. The van der Waals surface area contributed by atoms with Crippen LogP contribution in [-0.4, -0.2) is 6.21 Å². The van der Waals surface area contributed by atoms with E-state index in [9.17, 15) is 0 Å². The summed E-state index contributed by atoms with van der Waals surface area (Å²) in [5.41, 5.74) is 3.42. The van der Waals surface area contributed by atoms with Crippen LogP contribution < -0.4 is 0 Å². The van der Waals surface area contributed by atoms with Gasteiger partial charge < -0.3 is 0 Å². The number of fused-ring (bicyclic) bond motifs is 1. The second kappa shape index (κ2) is 5.26. The molecule has 0 spiro atoms. The van der Waals surface area contributed by atoms with Crippen LogP contribution in [0.2, 0.25) is 5.02 Å². The molecule has 0 aliphatic carbocycles. The molecular weight excluding hydrogens is 266 g/mol. The fourth-order valence-corrected chi connectivity index (χ4v) is 2.75. The standard InChI is InChI=1S/C18H16ClN/c1-18(13-20-17-11-5-3-9-15(17)18)12-6-8-14-7-2-4-10-16(14)19/h2-11,13H,12H2,1H3/b8-6+. The average molecular weight is 282 g/mol. The van der Waals surface area contributed by atoms with Crippen molar-refractivity contribution in [2.75, 3.05) is 0 Å². The van der Waals surface area contributed by atoms with Crippen LogP contribution >= 0.6 is 11.6 Å². The number of hydrogen-bond acceptors (Lipinski definition) is 1. The Morgan fingerprint density at radius 2 is 1.85 bits per heavy atom. The van der Waals surface area contributed by atoms with Crippen LogP contribution in [0.3, 0.4) is 0 Å². The van der Waals surface area contributed by atoms with Gasteiger partial charge in [-0.2, -0.15) is 0 Å². The average Bonchev–Trinajstić information content (AvgIpc) is 2.80. The lowest BCUT2D eigenvalue weighted by atomic mass is 9.81. The van der Waals surface area contributed by atoms with Gasteiger partial charge in [-0.25, -0.2) is 0 Å². The SMILES string of the molecule is CC1(C/C=C/c2ccccc2Cl)C=Nc2ccccc21. The van der Waals surface area contributed by atoms with E-state index in [-0.39, 0.29) is 5.41 Å². The van der Waals surface area contributed by atoms with Crippen molar-refractivity contribution >= 4 is 29.6 Å². The largest absolute Gasteiger partial charge is 0.260 e. The van der Waals surface area contributed by atoms with E-state index in [4.69, 9.17) is 11.6 Å². The van der Waals surface area contributed by atoms with Gasteiger partial charge >= 0.3 is 0 Å². The smallest absolute Gasteiger partial charge is 0.0667 e. The maximum Gasteiger partial charge on any atom is 0.0667 e. The third-order valence-electron chi connectivity index (χ3n) is 3.75. The molecule has 1 aliphatic heterocycles. The topological polar surface area (TPSA) is 12.4 Å². The number of para-hydroxylation sites is 1. The Balaban J connectivity index is 1.80. The minimum absolute atomic E-state index is 0.0195. The van der Waals surface area contributed by atoms with Crippen LogP contribution in [0.25, 0.3) is 6.08 Å². The Bertz CT molecular complexity index is 687. The third-order valence-corrected chi connectivity index (χ3v) is 4.10. The molecule has 2 aromatic carbocycles. The van der Waals surface area contributed by atoms with Gasteiger partial charge in [-0.3, -0.25) is 4.99 Å². The molecule has 20 heavy (non-hydrogen) atoms. The Morgan fingerprint density at radius 3 is 2.70 bits per heavy atom. The third kappa shape index (κ3) is 2.41. The summed E-state index contributed by atoms with van der Waals surface area (Å²) in [7, 11) is 0. The predicted molar refractivity (Wildman–Crippen MR) is 87.0 cm³/mol. The summed E-state index contributed by atoms with van der Waals surface area (Å²) < 4.78 is 0. The van der Waals surface area contributed by atoms with Crippen LogP contribution in [0.5, 0.6) is 0 Å². The van der Waals surface area contributed by atoms with Crippen molar-refractivity contribution in [1.29, 1.82) is 0 Å². The van der Waals surface area contributed by atoms with E-state index < -0.39 is 0 Å². The van der Waals surface area contributed by atoms with Crippen molar-refractivity contribution in [3.63, 3.8) is 0 Å². The molecule has 0 amide bonds. The van der Waals surface area contributed by atoms with Crippen LogP contribution in [0, 0.1) is 0 Å². The van der Waals surface area contributed by atoms with Crippen molar-refractivity contribution in [2.24, 2.45) is 4.99 Å². The van der Waals surface area contributed by atoms with E-state index in [1.54, 1.807) is 0 Å². The van der Waals surface area contributed by atoms with Gasteiger partial charge in [-0.05, 0) is 29.7 Å². The first-order valence-electron chi connectivity index (χ1n) is 6.75. The summed E-state index contributed by atoms with van der Waals surface area (Å²) in [4.78, 5) is 4.51. The van der Waals surface area contributed by atoms with E-state index >= 15 is 0 Å². The molecule has 1 atom stereocenters. The highest BCUT2D eigenvalue weighted by Crippen LogP contribution is 2.39. The number of hydrogen-bond donors (Lipinski definition) is 0. The van der Waals surface area contributed by atoms with Crippen molar-refractivity contribution in [3.8, 4) is 0 Å². The molecule has 0 N–H and O–H groups in total. The zero-order valence-corrected chi connectivity index (χ0v) is 12.1. The van der Waals surface area contributed by atoms with Gasteiger partial charge in [-0.15, -0.1) is 0 Å². The van der Waals surface area contributed by atoms with Gasteiger partial charge in [0.1, 0.15) is 0 Å². The fraction of sp³-hybridized carbons (Fsp3) is 0.167. The van der Waals surface area contributed by atoms with Gasteiger partial charge in [0.05, 0.1) is 5.69 Å². The van der Waals surface area contributed by atoms with Crippen molar-refractivity contribution in [3.05, 3.63) is 70.8 Å². The molecule has 0 fully saturated rings. The Hall–Kier alpha value is -1.86. The number of benzene rings is 2. The zero-order chi connectivity index (χ0) is 14.0. The lowest BCUT2D eigenvalue weighted by Gasteiger charge is -2.20. The summed E-state index contributed by atoms with van der Waals surface area (Å²) >= 11 is 6.16. The van der Waals surface area contributed by atoms with Gasteiger partial charge in [0, 0.05) is 16.7 Å². The maximum absolute atomic E-state index is 6.16. The molecular formula is C18H16ClN. The first-order valence-corrected chi connectivity index (χ1v) is 7.13. The summed E-state index contributed by atoms with van der Waals surface area (Å²) in [6, 6.07) is 16.2. The quantitative estimate of drug-likeness (QED) is 0.712. The highest BCUT2D eigenvalue weighted by Gasteiger charge is 2.29. The molecule has 1 unspecified atom stereocenters. The molecule has 2 heteroatoms. The molecule has 1 heterocycles. The van der Waals surface area contributed by atoms with Gasteiger partial charge in [0.25, 0.3) is 0 Å². The van der Waals surface area contributed by atoms with Crippen molar-refractivity contribution in [1.82, 2.24) is 0 Å². The number of rotatable bonds is 3. The number of allylic oxidation sites excluding steroid dienone is 1. The lowest BCUT2D eigenvalue weighted by molar-refractivity contribution is 0.679. The first-order chi connectivity index (χ1) is 9.69. The minimum atomic E-state index is -0.0195. The highest BCUT2D eigenvalue weighted by molar-refractivity contribution is 6.32. The van der Waals surface area contributed by atoms with E-state index in [1.165, 1.54) is 5.56 Å². The fourth-order valence-electron chi connectivity index (χ4n) is 2.55. The lowest BCUT2D eigenvalue weighted by Crippen LogP contribution is -2.19. The minimum Gasteiger partial charge on any atom is -0.260 e. The van der Waals surface area contributed by atoms with E-state index in [0.29, 0.717) is 0 Å². The molecule has 1 nitrogen and oxygen atoms in total. The van der Waals surface area contributed by atoms with Crippen LogP contribution in [0.1, 0.15) is 24.5 Å². The Kier molecular flexibility index (Phi) is 3.45. The zero-order valence-electron chi connectivity index (χ0n) is 11.4. The molecule has 0 radical (unpaired) electrons. The number of aliphatic imine (C=N–C) groups is 1. The Labute approximate surface area is 124 Å². The van der Waals surface area contributed by atoms with Crippen molar-refractivity contribution < 1.29 is 0 Å². The summed E-state index contributed by atoms with van der Waals surface area (Å²) in [5.74, 6) is 0. The molecule has 0 aromatic heterocycles. The van der Waals surface area contributed by atoms with Crippen LogP contribution in [0.4, 0.5) is 5.69 Å². The second-order valence-corrected chi connectivity index (χ2v) is 5.73. The summed E-state index contributed by atoms with van der Waals surface area (Å²) in [5, 5.41) is 0.786. The molecule has 0 saturated heterocycles. The maximum atomic E-state index is 6.16. The van der Waals surface area contributed by atoms with E-state index in [2.05, 4.69) is 48.5 Å². The van der Waals surface area contributed by atoms with Crippen LogP contribution in [0.15, 0.2) is 59.6 Å². The predicted octanol–water partition coefficient (Wildman–Crippen LogP) is 5.42. The monoisotopic (exact) mass is 281 g/mol. The van der Waals surface area contributed by atoms with Gasteiger partial charge in [-0.1, -0.05) is 67.1 Å².